The Hall–Kier alpha value is -6.58. The molecule has 0 bridgehead atoms. The van der Waals surface area contributed by atoms with Crippen molar-refractivity contribution in [2.75, 3.05) is 4.90 Å². The van der Waals surface area contributed by atoms with Crippen LogP contribution in [0.1, 0.15) is 0 Å². The molecule has 230 valence electrons. The zero-order chi connectivity index (χ0) is 32.3. The zero-order valence-electron chi connectivity index (χ0n) is 26.5. The second kappa shape index (κ2) is 11.0. The number of fused-ring (bicyclic) bond motifs is 8. The van der Waals surface area contributed by atoms with Crippen LogP contribution in [0.2, 0.25) is 0 Å². The van der Waals surface area contributed by atoms with E-state index in [2.05, 4.69) is 169 Å². The van der Waals surface area contributed by atoms with Gasteiger partial charge in [0.1, 0.15) is 22.3 Å². The number of hydrogen-bond donors (Lipinski definition) is 0. The average molecular weight is 628 g/mol. The molecule has 0 unspecified atom stereocenters. The summed E-state index contributed by atoms with van der Waals surface area (Å²) in [5.41, 5.74) is 11.5. The number of rotatable bonds is 5. The Balaban J connectivity index is 1.13. The van der Waals surface area contributed by atoms with Gasteiger partial charge in [-0.05, 0) is 82.7 Å². The van der Waals surface area contributed by atoms with E-state index in [1.165, 1.54) is 5.39 Å². The van der Waals surface area contributed by atoms with Gasteiger partial charge in [0.15, 0.2) is 0 Å². The van der Waals surface area contributed by atoms with E-state index in [-0.39, 0.29) is 0 Å². The summed E-state index contributed by atoms with van der Waals surface area (Å²) in [4.78, 5) is 2.35. The number of nitrogens with zero attached hydrogens (tertiary/aromatic N) is 1. The van der Waals surface area contributed by atoms with Gasteiger partial charge in [0.25, 0.3) is 0 Å². The quantitative estimate of drug-likeness (QED) is 0.190. The van der Waals surface area contributed by atoms with Crippen LogP contribution in [0.3, 0.4) is 0 Å². The number of anilines is 3. The van der Waals surface area contributed by atoms with E-state index in [1.807, 2.05) is 12.1 Å². The van der Waals surface area contributed by atoms with Gasteiger partial charge in [-0.25, -0.2) is 0 Å². The van der Waals surface area contributed by atoms with Gasteiger partial charge in [0.05, 0.1) is 5.69 Å². The second-order valence-corrected chi connectivity index (χ2v) is 12.5. The first-order valence-electron chi connectivity index (χ1n) is 16.6. The third-order valence-electron chi connectivity index (χ3n) is 9.67. The van der Waals surface area contributed by atoms with Crippen LogP contribution in [0.15, 0.2) is 185 Å². The fraction of sp³-hybridized carbons (Fsp3) is 0. The van der Waals surface area contributed by atoms with E-state index in [0.29, 0.717) is 0 Å². The first-order chi connectivity index (χ1) is 24.3. The summed E-state index contributed by atoms with van der Waals surface area (Å²) in [6.45, 7) is 0. The number of benzene rings is 8. The molecule has 0 N–H and O–H groups in total. The van der Waals surface area contributed by atoms with Crippen molar-refractivity contribution in [3.8, 4) is 22.3 Å². The molecular weight excluding hydrogens is 599 g/mol. The van der Waals surface area contributed by atoms with Crippen LogP contribution in [-0.2, 0) is 0 Å². The Morgan fingerprint density at radius 2 is 1.04 bits per heavy atom. The van der Waals surface area contributed by atoms with Gasteiger partial charge >= 0.3 is 0 Å². The average Bonchev–Trinajstić information content (AvgIpc) is 3.74. The maximum absolute atomic E-state index is 6.58. The number of furan rings is 2. The van der Waals surface area contributed by atoms with Gasteiger partial charge in [-0.2, -0.15) is 0 Å². The highest BCUT2D eigenvalue weighted by atomic mass is 16.3. The lowest BCUT2D eigenvalue weighted by atomic mass is 9.96. The Bertz CT molecular complexity index is 2830. The smallest absolute Gasteiger partial charge is 0.143 e. The Kier molecular flexibility index (Phi) is 6.18. The molecule has 3 heteroatoms. The van der Waals surface area contributed by atoms with E-state index in [1.54, 1.807) is 0 Å². The Morgan fingerprint density at radius 3 is 1.94 bits per heavy atom. The van der Waals surface area contributed by atoms with Gasteiger partial charge in [0, 0.05) is 43.9 Å². The fourth-order valence-electron chi connectivity index (χ4n) is 7.39. The van der Waals surface area contributed by atoms with Crippen LogP contribution < -0.4 is 4.90 Å². The normalized spacial score (nSPS) is 11.7. The standard InChI is InChI=1S/C46H29NO2/c1-2-12-33(13-3-1)47(34-25-21-30(22-26-34)32-24-28-43-40(29-32)37-16-7-9-19-42(37)48-43)41-18-8-6-15-36(41)38-17-10-20-44-45(38)39-27-23-31-11-4-5-14-35(31)46(39)49-44/h1-29H. The van der Waals surface area contributed by atoms with Crippen molar-refractivity contribution < 1.29 is 8.83 Å². The van der Waals surface area contributed by atoms with Gasteiger partial charge in [-0.1, -0.05) is 115 Å². The van der Waals surface area contributed by atoms with E-state index in [9.17, 15) is 0 Å². The molecule has 0 saturated heterocycles. The molecule has 0 saturated carbocycles. The fourth-order valence-corrected chi connectivity index (χ4v) is 7.39. The Labute approximate surface area is 282 Å². The molecule has 3 nitrogen and oxygen atoms in total. The molecule has 0 aliphatic carbocycles. The molecule has 0 aliphatic heterocycles. The summed E-state index contributed by atoms with van der Waals surface area (Å²) in [6, 6.07) is 62.0. The van der Waals surface area contributed by atoms with Crippen molar-refractivity contribution in [3.05, 3.63) is 176 Å². The number of para-hydroxylation sites is 3. The highest BCUT2D eigenvalue weighted by Crippen LogP contribution is 2.45. The van der Waals surface area contributed by atoms with Crippen LogP contribution in [-0.4, -0.2) is 0 Å². The number of hydrogen-bond acceptors (Lipinski definition) is 3. The van der Waals surface area contributed by atoms with Crippen molar-refractivity contribution >= 4 is 71.7 Å². The van der Waals surface area contributed by atoms with Crippen LogP contribution >= 0.6 is 0 Å². The van der Waals surface area contributed by atoms with Gasteiger partial charge < -0.3 is 13.7 Å². The predicted octanol–water partition coefficient (Wildman–Crippen LogP) is 13.4. The summed E-state index contributed by atoms with van der Waals surface area (Å²) in [5.74, 6) is 0. The van der Waals surface area contributed by atoms with Crippen molar-refractivity contribution in [1.29, 1.82) is 0 Å². The van der Waals surface area contributed by atoms with Crippen LogP contribution in [0.4, 0.5) is 17.1 Å². The molecular formula is C46H29NO2. The summed E-state index contributed by atoms with van der Waals surface area (Å²) in [5, 5.41) is 6.81. The van der Waals surface area contributed by atoms with Crippen LogP contribution in [0, 0.1) is 0 Å². The lowest BCUT2D eigenvalue weighted by Gasteiger charge is -2.28. The molecule has 0 fully saturated rings. The maximum Gasteiger partial charge on any atom is 0.143 e. The minimum absolute atomic E-state index is 0.886. The SMILES string of the molecule is c1ccc(N(c2ccc(-c3ccc4oc5ccccc5c4c3)cc2)c2ccccc2-c2cccc3oc4c5ccccc5ccc4c23)cc1. The van der Waals surface area contributed by atoms with Crippen LogP contribution in [0.5, 0.6) is 0 Å². The highest BCUT2D eigenvalue weighted by molar-refractivity contribution is 6.19. The molecule has 0 amide bonds. The van der Waals surface area contributed by atoms with Crippen molar-refractivity contribution in [2.24, 2.45) is 0 Å². The zero-order valence-corrected chi connectivity index (χ0v) is 26.5. The molecule has 0 spiro atoms. The minimum atomic E-state index is 0.886. The van der Waals surface area contributed by atoms with Crippen molar-refractivity contribution in [3.63, 3.8) is 0 Å². The van der Waals surface area contributed by atoms with E-state index in [4.69, 9.17) is 8.83 Å². The molecule has 0 radical (unpaired) electrons. The molecule has 49 heavy (non-hydrogen) atoms. The van der Waals surface area contributed by atoms with Gasteiger partial charge in [-0.15, -0.1) is 0 Å². The van der Waals surface area contributed by atoms with Gasteiger partial charge in [0.2, 0.25) is 0 Å². The summed E-state index contributed by atoms with van der Waals surface area (Å²) in [7, 11) is 0. The minimum Gasteiger partial charge on any atom is -0.456 e. The largest absolute Gasteiger partial charge is 0.456 e. The van der Waals surface area contributed by atoms with E-state index < -0.39 is 0 Å². The molecule has 10 aromatic rings. The monoisotopic (exact) mass is 627 g/mol. The first kappa shape index (κ1) is 27.5. The lowest BCUT2D eigenvalue weighted by Crippen LogP contribution is -2.11. The van der Waals surface area contributed by atoms with Crippen LogP contribution in [0.25, 0.3) is 76.9 Å². The third-order valence-corrected chi connectivity index (χ3v) is 9.67. The summed E-state index contributed by atoms with van der Waals surface area (Å²) >= 11 is 0. The van der Waals surface area contributed by atoms with Gasteiger partial charge in [-0.3, -0.25) is 0 Å². The molecule has 10 rings (SSSR count). The Morgan fingerprint density at radius 1 is 0.367 bits per heavy atom. The predicted molar refractivity (Wildman–Crippen MR) is 204 cm³/mol. The lowest BCUT2D eigenvalue weighted by molar-refractivity contribution is 0.669. The topological polar surface area (TPSA) is 29.5 Å². The molecule has 2 heterocycles. The van der Waals surface area contributed by atoms with Crippen molar-refractivity contribution in [2.45, 2.75) is 0 Å². The first-order valence-corrected chi connectivity index (χ1v) is 16.6. The second-order valence-electron chi connectivity index (χ2n) is 12.5. The maximum atomic E-state index is 6.58. The summed E-state index contributed by atoms with van der Waals surface area (Å²) < 4.78 is 12.7. The molecule has 0 aliphatic rings. The van der Waals surface area contributed by atoms with E-state index in [0.717, 1.165) is 88.6 Å². The van der Waals surface area contributed by atoms with Crippen molar-refractivity contribution in [1.82, 2.24) is 0 Å². The molecule has 2 aromatic heterocycles. The summed E-state index contributed by atoms with van der Waals surface area (Å²) in [6.07, 6.45) is 0. The highest BCUT2D eigenvalue weighted by Gasteiger charge is 2.21. The van der Waals surface area contributed by atoms with E-state index >= 15 is 0 Å². The molecule has 8 aromatic carbocycles. The molecule has 0 atom stereocenters. The third kappa shape index (κ3) is 4.44.